The van der Waals surface area contributed by atoms with E-state index in [-0.39, 0.29) is 0 Å². The van der Waals surface area contributed by atoms with Gasteiger partial charge in [-0.15, -0.1) is 0 Å². The second kappa shape index (κ2) is 6.93. The van der Waals surface area contributed by atoms with Gasteiger partial charge in [-0.05, 0) is 43.6 Å². The molecule has 0 aliphatic rings. The van der Waals surface area contributed by atoms with Crippen molar-refractivity contribution >= 4 is 23.3 Å². The number of H-pyrrole nitrogens is 1. The zero-order valence-corrected chi connectivity index (χ0v) is 13.4. The molecule has 0 saturated carbocycles. The molecule has 2 rings (SSSR count). The summed E-state index contributed by atoms with van der Waals surface area (Å²) in [6, 6.07) is 6.64. The first kappa shape index (κ1) is 15.1. The lowest BCUT2D eigenvalue weighted by Crippen LogP contribution is -2.07. The van der Waals surface area contributed by atoms with E-state index in [0.717, 1.165) is 47.4 Å². The van der Waals surface area contributed by atoms with Gasteiger partial charge in [-0.3, -0.25) is 0 Å². The van der Waals surface area contributed by atoms with Crippen LogP contribution in [0, 0.1) is 4.77 Å². The zero-order chi connectivity index (χ0) is 14.5. The van der Waals surface area contributed by atoms with Gasteiger partial charge in [0, 0.05) is 6.04 Å². The predicted octanol–water partition coefficient (Wildman–Crippen LogP) is 5.24. The number of aromatic nitrogens is 2. The molecule has 0 spiro atoms. The number of ether oxygens (including phenoxy) is 1. The molecule has 1 N–H and O–H groups in total. The fraction of sp³-hybridized carbons (Fsp3) is 0.562. The van der Waals surface area contributed by atoms with Gasteiger partial charge >= 0.3 is 0 Å². The molecule has 1 heterocycles. The van der Waals surface area contributed by atoms with Crippen LogP contribution in [0.2, 0.25) is 0 Å². The number of hydrogen-bond donors (Lipinski definition) is 1. The Labute approximate surface area is 126 Å². The van der Waals surface area contributed by atoms with Gasteiger partial charge in [0.05, 0.1) is 12.1 Å². The van der Waals surface area contributed by atoms with E-state index in [1.807, 2.05) is 12.1 Å². The van der Waals surface area contributed by atoms with Crippen LogP contribution >= 0.6 is 12.2 Å². The minimum absolute atomic E-state index is 0.461. The molecular weight excluding hydrogens is 268 g/mol. The molecule has 0 aliphatic heterocycles. The molecule has 0 aliphatic carbocycles. The van der Waals surface area contributed by atoms with Gasteiger partial charge in [-0.1, -0.05) is 33.3 Å². The smallest absolute Gasteiger partial charge is 0.178 e. The van der Waals surface area contributed by atoms with Crippen LogP contribution in [-0.2, 0) is 0 Å². The number of rotatable bonds is 7. The molecule has 1 atom stereocenters. The maximum absolute atomic E-state index is 5.82. The summed E-state index contributed by atoms with van der Waals surface area (Å²) in [4.78, 5) is 3.33. The highest BCUT2D eigenvalue weighted by Crippen LogP contribution is 2.30. The highest BCUT2D eigenvalue weighted by molar-refractivity contribution is 7.71. The molecule has 20 heavy (non-hydrogen) atoms. The molecule has 1 aromatic carbocycles. The topological polar surface area (TPSA) is 29.9 Å². The van der Waals surface area contributed by atoms with E-state index in [2.05, 4.69) is 36.4 Å². The van der Waals surface area contributed by atoms with Gasteiger partial charge in [-0.25, -0.2) is 0 Å². The van der Waals surface area contributed by atoms with Gasteiger partial charge in [0.25, 0.3) is 0 Å². The average molecular weight is 292 g/mol. The molecule has 0 radical (unpaired) electrons. The molecule has 110 valence electrons. The molecule has 0 bridgehead atoms. The molecule has 0 amide bonds. The molecule has 4 heteroatoms. The number of aromatic amines is 1. The standard InChI is InChI=1S/C16H24N2OS/c1-4-8-12(6-3)18-13-9-7-10-14(19-11-5-2)15(13)17-16(18)20/h7,9-10,12H,4-6,8,11H2,1-3H3,(H,17,20). The van der Waals surface area contributed by atoms with Crippen LogP contribution in [0.4, 0.5) is 0 Å². The lowest BCUT2D eigenvalue weighted by molar-refractivity contribution is 0.320. The zero-order valence-electron chi connectivity index (χ0n) is 12.6. The van der Waals surface area contributed by atoms with Crippen LogP contribution in [0.15, 0.2) is 18.2 Å². The van der Waals surface area contributed by atoms with Crippen LogP contribution in [-0.4, -0.2) is 16.2 Å². The summed E-state index contributed by atoms with van der Waals surface area (Å²) in [6.45, 7) is 7.29. The minimum Gasteiger partial charge on any atom is -0.491 e. The second-order valence-corrected chi connectivity index (χ2v) is 5.54. The lowest BCUT2D eigenvalue weighted by Gasteiger charge is -2.17. The lowest BCUT2D eigenvalue weighted by atomic mass is 10.1. The van der Waals surface area contributed by atoms with Gasteiger partial charge in [0.15, 0.2) is 4.77 Å². The first-order valence-corrected chi connectivity index (χ1v) is 7.99. The van der Waals surface area contributed by atoms with E-state index < -0.39 is 0 Å². The van der Waals surface area contributed by atoms with E-state index in [4.69, 9.17) is 17.0 Å². The van der Waals surface area contributed by atoms with Crippen molar-refractivity contribution in [1.82, 2.24) is 9.55 Å². The minimum atomic E-state index is 0.461. The SMILES string of the molecule is CCCOc1cccc2c1[nH]c(=S)n2C(CC)CCC. The Morgan fingerprint density at radius 3 is 2.70 bits per heavy atom. The van der Waals surface area contributed by atoms with Crippen LogP contribution in [0.25, 0.3) is 11.0 Å². The fourth-order valence-electron chi connectivity index (χ4n) is 2.67. The fourth-order valence-corrected chi connectivity index (χ4v) is 3.02. The third-order valence-electron chi connectivity index (χ3n) is 3.63. The summed E-state index contributed by atoms with van der Waals surface area (Å²) >= 11 is 5.53. The van der Waals surface area contributed by atoms with Crippen LogP contribution in [0.1, 0.15) is 52.5 Å². The Bertz CT molecular complexity index is 614. The van der Waals surface area contributed by atoms with Crippen molar-refractivity contribution in [2.75, 3.05) is 6.61 Å². The van der Waals surface area contributed by atoms with Crippen LogP contribution < -0.4 is 4.74 Å². The Balaban J connectivity index is 2.51. The first-order chi connectivity index (χ1) is 9.72. The largest absolute Gasteiger partial charge is 0.491 e. The third kappa shape index (κ3) is 2.90. The number of nitrogens with one attached hydrogen (secondary N) is 1. The number of imidazole rings is 1. The van der Waals surface area contributed by atoms with Gasteiger partial charge in [0.1, 0.15) is 11.3 Å². The summed E-state index contributed by atoms with van der Waals surface area (Å²) in [5.74, 6) is 0.903. The van der Waals surface area contributed by atoms with Crippen molar-refractivity contribution in [1.29, 1.82) is 0 Å². The molecule has 1 unspecified atom stereocenters. The van der Waals surface area contributed by atoms with Crippen molar-refractivity contribution in [2.45, 2.75) is 52.5 Å². The molecule has 1 aromatic heterocycles. The highest BCUT2D eigenvalue weighted by atomic mass is 32.1. The quantitative estimate of drug-likeness (QED) is 0.707. The number of nitrogens with zero attached hydrogens (tertiary/aromatic N) is 1. The summed E-state index contributed by atoms with van der Waals surface area (Å²) in [6.07, 6.45) is 4.41. The first-order valence-electron chi connectivity index (χ1n) is 7.58. The summed E-state index contributed by atoms with van der Waals surface area (Å²) in [5.41, 5.74) is 2.18. The highest BCUT2D eigenvalue weighted by Gasteiger charge is 2.15. The van der Waals surface area contributed by atoms with Crippen molar-refractivity contribution in [3.05, 3.63) is 23.0 Å². The maximum atomic E-state index is 5.82. The molecule has 2 aromatic rings. The Kier molecular flexibility index (Phi) is 5.24. The van der Waals surface area contributed by atoms with E-state index >= 15 is 0 Å². The Morgan fingerprint density at radius 2 is 2.05 bits per heavy atom. The van der Waals surface area contributed by atoms with E-state index in [0.29, 0.717) is 6.04 Å². The number of hydrogen-bond acceptors (Lipinski definition) is 2. The average Bonchev–Trinajstić information content (AvgIpc) is 2.79. The third-order valence-corrected chi connectivity index (χ3v) is 3.93. The van der Waals surface area contributed by atoms with Gasteiger partial charge < -0.3 is 14.3 Å². The van der Waals surface area contributed by atoms with E-state index in [1.165, 1.54) is 6.42 Å². The Morgan fingerprint density at radius 1 is 1.25 bits per heavy atom. The van der Waals surface area contributed by atoms with E-state index in [1.54, 1.807) is 0 Å². The normalized spacial score (nSPS) is 12.8. The summed E-state index contributed by atoms with van der Waals surface area (Å²) < 4.78 is 8.88. The van der Waals surface area contributed by atoms with Gasteiger partial charge in [-0.2, -0.15) is 0 Å². The predicted molar refractivity (Wildman–Crippen MR) is 87.1 cm³/mol. The number of benzene rings is 1. The summed E-state index contributed by atoms with van der Waals surface area (Å²) in [5, 5.41) is 0. The maximum Gasteiger partial charge on any atom is 0.178 e. The van der Waals surface area contributed by atoms with Crippen LogP contribution in [0.5, 0.6) is 5.75 Å². The molecule has 3 nitrogen and oxygen atoms in total. The van der Waals surface area contributed by atoms with Crippen molar-refractivity contribution < 1.29 is 4.74 Å². The molecule has 0 saturated heterocycles. The second-order valence-electron chi connectivity index (χ2n) is 5.15. The van der Waals surface area contributed by atoms with Crippen LogP contribution in [0.3, 0.4) is 0 Å². The van der Waals surface area contributed by atoms with E-state index in [9.17, 15) is 0 Å². The number of fused-ring (bicyclic) bond motifs is 1. The summed E-state index contributed by atoms with van der Waals surface area (Å²) in [7, 11) is 0. The Hall–Kier alpha value is -1.29. The monoisotopic (exact) mass is 292 g/mol. The van der Waals surface area contributed by atoms with Crippen molar-refractivity contribution in [3.8, 4) is 5.75 Å². The van der Waals surface area contributed by atoms with Crippen molar-refractivity contribution in [3.63, 3.8) is 0 Å². The van der Waals surface area contributed by atoms with Crippen molar-refractivity contribution in [2.24, 2.45) is 0 Å². The molecular formula is C16H24N2OS. The number of para-hydroxylation sites is 1. The van der Waals surface area contributed by atoms with Gasteiger partial charge in [0.2, 0.25) is 0 Å². The molecule has 0 fully saturated rings.